The van der Waals surface area contributed by atoms with Gasteiger partial charge in [0.25, 0.3) is 5.91 Å². The SMILES string of the molecule is CNC(=O)c1cc(C2CCN(S(=O)(=O)c3cccc(F)c3)CC2)ncn1. The van der Waals surface area contributed by atoms with Crippen molar-refractivity contribution in [3.8, 4) is 0 Å². The summed E-state index contributed by atoms with van der Waals surface area (Å²) in [6, 6.07) is 6.66. The lowest BCUT2D eigenvalue weighted by atomic mass is 9.94. The van der Waals surface area contributed by atoms with Crippen LogP contribution in [0.1, 0.15) is 34.9 Å². The Kier molecular flexibility index (Phi) is 5.28. The summed E-state index contributed by atoms with van der Waals surface area (Å²) in [5.74, 6) is -0.830. The Morgan fingerprint density at radius 2 is 1.96 bits per heavy atom. The van der Waals surface area contributed by atoms with Crippen molar-refractivity contribution in [3.05, 3.63) is 53.9 Å². The lowest BCUT2D eigenvalue weighted by Crippen LogP contribution is -2.38. The normalized spacial score (nSPS) is 16.4. The molecule has 9 heteroatoms. The summed E-state index contributed by atoms with van der Waals surface area (Å²) in [5, 5.41) is 2.51. The molecule has 1 saturated heterocycles. The zero-order valence-electron chi connectivity index (χ0n) is 14.2. The van der Waals surface area contributed by atoms with Gasteiger partial charge in [-0.25, -0.2) is 22.8 Å². The van der Waals surface area contributed by atoms with Gasteiger partial charge in [-0.05, 0) is 37.1 Å². The summed E-state index contributed by atoms with van der Waals surface area (Å²) in [6.07, 6.45) is 2.48. The second-order valence-electron chi connectivity index (χ2n) is 6.04. The zero-order chi connectivity index (χ0) is 18.7. The molecule has 26 heavy (non-hydrogen) atoms. The van der Waals surface area contributed by atoms with E-state index in [2.05, 4.69) is 15.3 Å². The number of nitrogens with one attached hydrogen (secondary N) is 1. The maximum absolute atomic E-state index is 13.4. The summed E-state index contributed by atoms with van der Waals surface area (Å²) in [7, 11) is -2.19. The molecule has 0 unspecified atom stereocenters. The maximum Gasteiger partial charge on any atom is 0.269 e. The van der Waals surface area contributed by atoms with Crippen LogP contribution in [-0.4, -0.2) is 48.7 Å². The monoisotopic (exact) mass is 378 g/mol. The molecule has 0 saturated carbocycles. The molecular formula is C17H19FN4O3S. The standard InChI is InChI=1S/C17H19FN4O3S/c1-19-17(23)16-10-15(20-11-21-16)12-5-7-22(8-6-12)26(24,25)14-4-2-3-13(18)9-14/h2-4,9-12H,5-8H2,1H3,(H,19,23). The third-order valence-corrected chi connectivity index (χ3v) is 6.35. The Morgan fingerprint density at radius 1 is 1.23 bits per heavy atom. The predicted octanol–water partition coefficient (Wildman–Crippen LogP) is 1.54. The van der Waals surface area contributed by atoms with Gasteiger partial charge in [0, 0.05) is 31.7 Å². The Hall–Kier alpha value is -2.39. The van der Waals surface area contributed by atoms with Gasteiger partial charge in [0.05, 0.1) is 4.90 Å². The highest BCUT2D eigenvalue weighted by Crippen LogP contribution is 2.30. The van der Waals surface area contributed by atoms with E-state index >= 15 is 0 Å². The molecule has 1 aliphatic rings. The number of nitrogens with zero attached hydrogens (tertiary/aromatic N) is 3. The third-order valence-electron chi connectivity index (χ3n) is 4.45. The van der Waals surface area contributed by atoms with Crippen molar-refractivity contribution in [2.75, 3.05) is 20.1 Å². The minimum atomic E-state index is -3.72. The molecule has 0 spiro atoms. The van der Waals surface area contributed by atoms with E-state index in [1.54, 1.807) is 6.07 Å². The number of benzene rings is 1. The fourth-order valence-corrected chi connectivity index (χ4v) is 4.52. The van der Waals surface area contributed by atoms with Crippen molar-refractivity contribution in [1.82, 2.24) is 19.6 Å². The molecule has 0 aliphatic carbocycles. The molecule has 0 radical (unpaired) electrons. The molecule has 2 aromatic rings. The third kappa shape index (κ3) is 3.73. The topological polar surface area (TPSA) is 92.3 Å². The van der Waals surface area contributed by atoms with Crippen molar-refractivity contribution in [3.63, 3.8) is 0 Å². The van der Waals surface area contributed by atoms with Crippen molar-refractivity contribution in [1.29, 1.82) is 0 Å². The number of piperidine rings is 1. The number of amides is 1. The highest BCUT2D eigenvalue weighted by atomic mass is 32.2. The number of halogens is 1. The smallest absolute Gasteiger partial charge is 0.269 e. The van der Waals surface area contributed by atoms with Gasteiger partial charge in [-0.15, -0.1) is 0 Å². The average Bonchev–Trinajstić information content (AvgIpc) is 2.67. The lowest BCUT2D eigenvalue weighted by Gasteiger charge is -2.31. The van der Waals surface area contributed by atoms with Crippen molar-refractivity contribution < 1.29 is 17.6 Å². The maximum atomic E-state index is 13.4. The highest BCUT2D eigenvalue weighted by molar-refractivity contribution is 7.89. The van der Waals surface area contributed by atoms with Crippen LogP contribution in [0.2, 0.25) is 0 Å². The van der Waals surface area contributed by atoms with Crippen LogP contribution >= 0.6 is 0 Å². The van der Waals surface area contributed by atoms with E-state index in [-0.39, 0.29) is 22.4 Å². The molecule has 1 aromatic carbocycles. The van der Waals surface area contributed by atoms with E-state index in [4.69, 9.17) is 0 Å². The summed E-state index contributed by atoms with van der Waals surface area (Å²) in [6.45, 7) is 0.617. The van der Waals surface area contributed by atoms with Crippen molar-refractivity contribution >= 4 is 15.9 Å². The van der Waals surface area contributed by atoms with Gasteiger partial charge in [-0.2, -0.15) is 4.31 Å². The molecule has 0 bridgehead atoms. The quantitative estimate of drug-likeness (QED) is 0.871. The van der Waals surface area contributed by atoms with Crippen LogP contribution in [0.4, 0.5) is 4.39 Å². The molecular weight excluding hydrogens is 359 g/mol. The molecule has 1 N–H and O–H groups in total. The summed E-state index contributed by atoms with van der Waals surface area (Å²) in [4.78, 5) is 19.8. The van der Waals surface area contributed by atoms with Crippen molar-refractivity contribution in [2.45, 2.75) is 23.7 Å². The van der Waals surface area contributed by atoms with Gasteiger partial charge in [0.2, 0.25) is 10.0 Å². The number of hydrogen-bond acceptors (Lipinski definition) is 5. The fraction of sp³-hybridized carbons (Fsp3) is 0.353. The van der Waals surface area contributed by atoms with Crippen LogP contribution in [0.15, 0.2) is 41.6 Å². The number of carbonyl (C=O) groups is 1. The van der Waals surface area contributed by atoms with Crippen LogP contribution in [0.5, 0.6) is 0 Å². The summed E-state index contributed by atoms with van der Waals surface area (Å²) >= 11 is 0. The van der Waals surface area contributed by atoms with Gasteiger partial charge in [0.15, 0.2) is 0 Å². The lowest BCUT2D eigenvalue weighted by molar-refractivity contribution is 0.0957. The number of rotatable bonds is 4. The minimum absolute atomic E-state index is 0.0418. The van der Waals surface area contributed by atoms with Gasteiger partial charge < -0.3 is 5.32 Å². The highest BCUT2D eigenvalue weighted by Gasteiger charge is 2.30. The van der Waals surface area contributed by atoms with Crippen LogP contribution in [0, 0.1) is 5.82 Å². The van der Waals surface area contributed by atoms with E-state index in [9.17, 15) is 17.6 Å². The van der Waals surface area contributed by atoms with Crippen LogP contribution in [0.3, 0.4) is 0 Å². The molecule has 0 atom stereocenters. The Balaban J connectivity index is 1.72. The van der Waals surface area contributed by atoms with E-state index in [0.29, 0.717) is 25.9 Å². The minimum Gasteiger partial charge on any atom is -0.354 e. The predicted molar refractivity (Wildman–Crippen MR) is 92.6 cm³/mol. The molecule has 1 aromatic heterocycles. The molecule has 2 heterocycles. The van der Waals surface area contributed by atoms with Gasteiger partial charge in [-0.1, -0.05) is 6.07 Å². The molecule has 1 fully saturated rings. The van der Waals surface area contributed by atoms with Gasteiger partial charge in [-0.3, -0.25) is 4.79 Å². The van der Waals surface area contributed by atoms with Crippen LogP contribution in [-0.2, 0) is 10.0 Å². The van der Waals surface area contributed by atoms with Crippen LogP contribution in [0.25, 0.3) is 0 Å². The molecule has 7 nitrogen and oxygen atoms in total. The largest absolute Gasteiger partial charge is 0.354 e. The number of carbonyl (C=O) groups excluding carboxylic acids is 1. The average molecular weight is 378 g/mol. The van der Waals surface area contributed by atoms with Gasteiger partial charge in [0.1, 0.15) is 17.8 Å². The first-order valence-corrected chi connectivity index (χ1v) is 9.65. The van der Waals surface area contributed by atoms with E-state index < -0.39 is 15.8 Å². The fourth-order valence-electron chi connectivity index (χ4n) is 3.02. The van der Waals surface area contributed by atoms with E-state index in [1.807, 2.05) is 0 Å². The molecule has 138 valence electrons. The Bertz CT molecular complexity index is 912. The number of hydrogen-bond donors (Lipinski definition) is 1. The first-order valence-electron chi connectivity index (χ1n) is 8.21. The van der Waals surface area contributed by atoms with Crippen molar-refractivity contribution in [2.24, 2.45) is 0 Å². The Morgan fingerprint density at radius 3 is 2.62 bits per heavy atom. The first kappa shape index (κ1) is 18.4. The molecule has 3 rings (SSSR count). The Labute approximate surface area is 151 Å². The molecule has 1 aliphatic heterocycles. The summed E-state index contributed by atoms with van der Waals surface area (Å²) < 4.78 is 40.0. The van der Waals surface area contributed by atoms with E-state index in [0.717, 1.165) is 11.8 Å². The first-order chi connectivity index (χ1) is 12.4. The number of sulfonamides is 1. The zero-order valence-corrected chi connectivity index (χ0v) is 15.0. The van der Waals surface area contributed by atoms with Gasteiger partial charge >= 0.3 is 0 Å². The van der Waals surface area contributed by atoms with E-state index in [1.165, 1.54) is 35.9 Å². The van der Waals surface area contributed by atoms with Crippen LogP contribution < -0.4 is 5.32 Å². The second-order valence-corrected chi connectivity index (χ2v) is 7.98. The second kappa shape index (κ2) is 7.46. The number of aromatic nitrogens is 2. The molecule has 1 amide bonds. The summed E-state index contributed by atoms with van der Waals surface area (Å²) in [5.41, 5.74) is 1.01.